The van der Waals surface area contributed by atoms with Crippen LogP contribution in [0.5, 0.6) is 0 Å². The fraction of sp³-hybridized carbons (Fsp3) is 0. The van der Waals surface area contributed by atoms with Crippen LogP contribution in [0.15, 0.2) is 17.1 Å². The van der Waals surface area contributed by atoms with Crippen LogP contribution in [0.2, 0.25) is 0 Å². The minimum Gasteiger partial charge on any atom is -0.326 e. The van der Waals surface area contributed by atoms with Crippen molar-refractivity contribution in [1.29, 1.82) is 0 Å². The monoisotopic (exact) mass is 233 g/mol. The number of aromatic nitrogens is 1. The van der Waals surface area contributed by atoms with Crippen LogP contribution in [0.4, 0.5) is 0 Å². The molecule has 66 valence electrons. The molecule has 0 aliphatic rings. The lowest BCUT2D eigenvalue weighted by molar-refractivity contribution is 0.405. The number of hydrogen-bond acceptors (Lipinski definition) is 5. The van der Waals surface area contributed by atoms with Crippen molar-refractivity contribution >= 4 is 42.9 Å². The van der Waals surface area contributed by atoms with E-state index >= 15 is 0 Å². The van der Waals surface area contributed by atoms with Crippen LogP contribution in [0.1, 0.15) is 0 Å². The number of thiol groups is 2. The fourth-order valence-electron chi connectivity index (χ4n) is 0.176. The number of nitrogens with zero attached hydrogens (tertiary/aromatic N) is 1. The summed E-state index contributed by atoms with van der Waals surface area (Å²) in [6, 6.07) is 0. The molecule has 0 aromatic carbocycles. The van der Waals surface area contributed by atoms with Crippen molar-refractivity contribution in [2.24, 2.45) is 0 Å². The molecule has 1 aromatic rings. The van der Waals surface area contributed by atoms with Gasteiger partial charge in [-0.1, -0.05) is 0 Å². The van der Waals surface area contributed by atoms with Crippen molar-refractivity contribution in [3.8, 4) is 0 Å². The molecule has 8 heteroatoms. The zero-order valence-corrected chi connectivity index (χ0v) is 8.89. The first-order valence-corrected chi connectivity index (χ1v) is 6.02. The first-order chi connectivity index (χ1) is 5.23. The Bertz CT molecular complexity index is 138. The van der Waals surface area contributed by atoms with Crippen molar-refractivity contribution in [2.45, 2.75) is 0 Å². The summed E-state index contributed by atoms with van der Waals surface area (Å²) in [6.07, 6.45) is 1.77. The van der Waals surface area contributed by atoms with Gasteiger partial charge in [-0.3, -0.25) is 9.55 Å². The van der Waals surface area contributed by atoms with E-state index in [1.807, 2.05) is 5.38 Å². The van der Waals surface area contributed by atoms with Crippen molar-refractivity contribution in [3.05, 3.63) is 17.1 Å². The molecule has 1 rings (SSSR count). The van der Waals surface area contributed by atoms with Crippen molar-refractivity contribution in [2.75, 3.05) is 0 Å². The first-order valence-electron chi connectivity index (χ1n) is 2.17. The third-order valence-corrected chi connectivity index (χ3v) is 0.869. The second-order valence-electron chi connectivity index (χ2n) is 0.958. The summed E-state index contributed by atoms with van der Waals surface area (Å²) in [6.45, 7) is 0. The van der Waals surface area contributed by atoms with Gasteiger partial charge >= 0.3 is 8.25 Å². The largest absolute Gasteiger partial charge is 0.326 e. The number of hydrogen-bond donors (Lipinski definition) is 4. The molecular weight excluding hydrogens is 225 g/mol. The lowest BCUT2D eigenvalue weighted by atomic mass is 11.0. The second kappa shape index (κ2) is 13.1. The van der Waals surface area contributed by atoms with Crippen molar-refractivity contribution in [3.63, 3.8) is 0 Å². The molecule has 0 amide bonds. The Morgan fingerprint density at radius 2 is 1.91 bits per heavy atom. The maximum atomic E-state index is 8.74. The van der Waals surface area contributed by atoms with Crippen LogP contribution in [0, 0.1) is 0 Å². The van der Waals surface area contributed by atoms with Crippen LogP contribution in [-0.4, -0.2) is 14.8 Å². The molecule has 0 spiro atoms. The Hall–Kier alpha value is 0.480. The summed E-state index contributed by atoms with van der Waals surface area (Å²) in [5.74, 6) is 0. The van der Waals surface area contributed by atoms with E-state index in [9.17, 15) is 0 Å². The van der Waals surface area contributed by atoms with Gasteiger partial charge in [0.05, 0.1) is 5.51 Å². The average molecular weight is 233 g/mol. The molecule has 0 bridgehead atoms. The van der Waals surface area contributed by atoms with Crippen LogP contribution in [0.3, 0.4) is 0 Å². The molecule has 0 saturated carbocycles. The molecule has 0 aliphatic carbocycles. The third-order valence-electron chi connectivity index (χ3n) is 0.347. The van der Waals surface area contributed by atoms with E-state index in [0.717, 1.165) is 0 Å². The summed E-state index contributed by atoms with van der Waals surface area (Å²) >= 11 is 8.05. The van der Waals surface area contributed by atoms with E-state index in [-0.39, 0.29) is 0 Å². The van der Waals surface area contributed by atoms with E-state index in [0.29, 0.717) is 0 Å². The van der Waals surface area contributed by atoms with Gasteiger partial charge in [-0.2, -0.15) is 0 Å². The van der Waals surface area contributed by atoms with Crippen LogP contribution >= 0.6 is 42.9 Å². The highest BCUT2D eigenvalue weighted by Crippen LogP contribution is 1.98. The predicted octanol–water partition coefficient (Wildman–Crippen LogP) is 1.26. The third kappa shape index (κ3) is 25.1. The predicted molar refractivity (Wildman–Crippen MR) is 53.5 cm³/mol. The lowest BCUT2D eigenvalue weighted by Gasteiger charge is -1.61. The van der Waals surface area contributed by atoms with Crippen LogP contribution in [0.25, 0.3) is 0 Å². The van der Waals surface area contributed by atoms with Crippen molar-refractivity contribution < 1.29 is 14.4 Å². The maximum Gasteiger partial charge on any atom is 0.314 e. The number of rotatable bonds is 0. The van der Waals surface area contributed by atoms with Gasteiger partial charge in [0.2, 0.25) is 0 Å². The van der Waals surface area contributed by atoms with Gasteiger partial charge in [-0.15, -0.1) is 34.7 Å². The summed E-state index contributed by atoms with van der Waals surface area (Å²) in [4.78, 5) is 18.1. The Balaban J connectivity index is 0. The van der Waals surface area contributed by atoms with Gasteiger partial charge in [-0.05, 0) is 0 Å². The van der Waals surface area contributed by atoms with E-state index in [2.05, 4.69) is 28.3 Å². The second-order valence-corrected chi connectivity index (χ2v) is 2.28. The molecule has 0 unspecified atom stereocenters. The maximum absolute atomic E-state index is 8.74. The summed E-state index contributed by atoms with van der Waals surface area (Å²) in [5.41, 5.74) is 1.79. The van der Waals surface area contributed by atoms with E-state index in [1.165, 1.54) is 0 Å². The molecule has 1 aromatic heterocycles. The van der Waals surface area contributed by atoms with E-state index < -0.39 is 8.25 Å². The molecule has 1 heterocycles. The quantitative estimate of drug-likeness (QED) is 0.309. The lowest BCUT2D eigenvalue weighted by Crippen LogP contribution is -1.38. The summed E-state index contributed by atoms with van der Waals surface area (Å²) in [7, 11) is -3.13. The topological polar surface area (TPSA) is 70.4 Å². The Morgan fingerprint density at radius 3 is 2.00 bits per heavy atom. The van der Waals surface area contributed by atoms with Crippen molar-refractivity contribution in [1.82, 2.24) is 4.98 Å². The minimum absolute atomic E-state index is 1.60. The highest BCUT2D eigenvalue weighted by atomic mass is 33.1. The standard InChI is InChI=1S/C3H3NS.H3O3P.H2S2/c1-2-5-3-4-1;1-4(2)3;1-2/h1-3H;4H,(H2,1,2,3);1-2H. The normalized spacial score (nSPS) is 7.36. The van der Waals surface area contributed by atoms with Gasteiger partial charge < -0.3 is 9.79 Å². The summed E-state index contributed by atoms with van der Waals surface area (Å²) < 4.78 is 8.74. The molecule has 0 radical (unpaired) electrons. The molecule has 2 N–H and O–H groups in total. The van der Waals surface area contributed by atoms with Gasteiger partial charge in [0.1, 0.15) is 0 Å². The highest BCUT2D eigenvalue weighted by molar-refractivity contribution is 8.59. The molecule has 0 fully saturated rings. The minimum atomic E-state index is -3.13. The van der Waals surface area contributed by atoms with Crippen LogP contribution < -0.4 is 0 Å². The molecule has 0 atom stereocenters. The Kier molecular flexibility index (Phi) is 16.7. The van der Waals surface area contributed by atoms with Gasteiger partial charge in [0.15, 0.2) is 0 Å². The molecule has 0 aliphatic heterocycles. The first kappa shape index (κ1) is 14.0. The Labute approximate surface area is 79.5 Å². The van der Waals surface area contributed by atoms with E-state index in [4.69, 9.17) is 14.4 Å². The summed E-state index contributed by atoms with van der Waals surface area (Å²) in [5, 5.41) is 1.93. The highest BCUT2D eigenvalue weighted by Gasteiger charge is 1.61. The molecule has 4 nitrogen and oxygen atoms in total. The van der Waals surface area contributed by atoms with Gasteiger partial charge in [0, 0.05) is 11.6 Å². The Morgan fingerprint density at radius 1 is 1.45 bits per heavy atom. The molecule has 0 saturated heterocycles. The smallest absolute Gasteiger partial charge is 0.314 e. The van der Waals surface area contributed by atoms with E-state index in [1.54, 1.807) is 23.0 Å². The molecular formula is C3H8NO3PS3. The zero-order valence-electron chi connectivity index (χ0n) is 5.28. The zero-order chi connectivity index (χ0) is 9.11. The van der Waals surface area contributed by atoms with Crippen LogP contribution in [-0.2, 0) is 4.57 Å². The van der Waals surface area contributed by atoms with Gasteiger partial charge in [0.25, 0.3) is 0 Å². The average Bonchev–Trinajstić information content (AvgIpc) is 2.44. The fourth-order valence-corrected chi connectivity index (χ4v) is 0.527. The molecule has 11 heavy (non-hydrogen) atoms. The SMILES string of the molecule is O=[PH](O)O.SS.c1cscn1. The number of thiazole rings is 1. The van der Waals surface area contributed by atoms with Gasteiger partial charge in [-0.25, -0.2) is 0 Å².